The first-order valence-electron chi connectivity index (χ1n) is 9.17. The lowest BCUT2D eigenvalue weighted by Crippen LogP contribution is -2.36. The van der Waals surface area contributed by atoms with Crippen LogP contribution < -0.4 is 9.47 Å². The SMILES string of the molecule is CC[C@H](C)N1C(=O)/C(=C/c2ccc(OC(=O)c3ccccc3)c(OC)c2)SC1=S. The van der Waals surface area contributed by atoms with Crippen molar-refractivity contribution in [3.8, 4) is 11.5 Å². The number of amides is 1. The smallest absolute Gasteiger partial charge is 0.343 e. The van der Waals surface area contributed by atoms with Gasteiger partial charge in [-0.15, -0.1) is 0 Å². The van der Waals surface area contributed by atoms with Crippen molar-refractivity contribution in [2.24, 2.45) is 0 Å². The first-order chi connectivity index (χ1) is 13.9. The molecule has 1 aliphatic heterocycles. The largest absolute Gasteiger partial charge is 0.493 e. The molecule has 2 aromatic carbocycles. The maximum Gasteiger partial charge on any atom is 0.343 e. The van der Waals surface area contributed by atoms with Crippen molar-refractivity contribution in [1.82, 2.24) is 4.90 Å². The van der Waals surface area contributed by atoms with Gasteiger partial charge in [-0.1, -0.05) is 55.2 Å². The minimum absolute atomic E-state index is 0.0581. The van der Waals surface area contributed by atoms with Gasteiger partial charge >= 0.3 is 5.97 Å². The highest BCUT2D eigenvalue weighted by Crippen LogP contribution is 2.36. The molecule has 5 nitrogen and oxygen atoms in total. The molecule has 2 aromatic rings. The lowest BCUT2D eigenvalue weighted by atomic mass is 10.1. The number of nitrogens with zero attached hydrogens (tertiary/aromatic N) is 1. The lowest BCUT2D eigenvalue weighted by molar-refractivity contribution is -0.123. The molecule has 1 saturated heterocycles. The van der Waals surface area contributed by atoms with E-state index in [-0.39, 0.29) is 11.9 Å². The summed E-state index contributed by atoms with van der Waals surface area (Å²) in [6.45, 7) is 4.00. The quantitative estimate of drug-likeness (QED) is 0.282. The molecule has 7 heteroatoms. The molecule has 0 N–H and O–H groups in total. The summed E-state index contributed by atoms with van der Waals surface area (Å²) < 4.78 is 11.4. The Balaban J connectivity index is 1.82. The van der Waals surface area contributed by atoms with Gasteiger partial charge in [-0.05, 0) is 49.2 Å². The molecule has 0 aromatic heterocycles. The van der Waals surface area contributed by atoms with E-state index in [1.165, 1.54) is 18.9 Å². The standard InChI is InChI=1S/C22H21NO4S2/c1-4-14(2)23-20(24)19(29-22(23)28)13-15-10-11-17(18(12-15)26-3)27-21(25)16-8-6-5-7-9-16/h5-14H,4H2,1-3H3/b19-13-/t14-/m0/s1. The molecule has 0 radical (unpaired) electrons. The molecule has 0 aliphatic carbocycles. The number of benzene rings is 2. The fourth-order valence-corrected chi connectivity index (χ4v) is 4.25. The molecule has 1 atom stereocenters. The third-order valence-electron chi connectivity index (χ3n) is 4.55. The molecule has 1 heterocycles. The van der Waals surface area contributed by atoms with E-state index < -0.39 is 5.97 Å². The van der Waals surface area contributed by atoms with Gasteiger partial charge in [0.15, 0.2) is 11.5 Å². The van der Waals surface area contributed by atoms with Crippen molar-refractivity contribution in [2.45, 2.75) is 26.3 Å². The van der Waals surface area contributed by atoms with Crippen LogP contribution in [0.5, 0.6) is 11.5 Å². The van der Waals surface area contributed by atoms with Crippen molar-refractivity contribution >= 4 is 46.3 Å². The van der Waals surface area contributed by atoms with Gasteiger partial charge in [-0.3, -0.25) is 9.69 Å². The van der Waals surface area contributed by atoms with Crippen molar-refractivity contribution in [1.29, 1.82) is 0 Å². The van der Waals surface area contributed by atoms with E-state index >= 15 is 0 Å². The Kier molecular flexibility index (Phi) is 6.71. The predicted molar refractivity (Wildman–Crippen MR) is 119 cm³/mol. The van der Waals surface area contributed by atoms with E-state index in [1.54, 1.807) is 53.4 Å². The van der Waals surface area contributed by atoms with E-state index in [1.807, 2.05) is 19.9 Å². The number of carbonyl (C=O) groups excluding carboxylic acids is 2. The summed E-state index contributed by atoms with van der Waals surface area (Å²) in [7, 11) is 1.50. The number of thioether (sulfide) groups is 1. The number of esters is 1. The second kappa shape index (κ2) is 9.24. The molecule has 0 bridgehead atoms. The molecule has 0 saturated carbocycles. The van der Waals surface area contributed by atoms with Crippen LogP contribution in [0, 0.1) is 0 Å². The zero-order valence-electron chi connectivity index (χ0n) is 16.4. The van der Waals surface area contributed by atoms with E-state index in [2.05, 4.69) is 0 Å². The fourth-order valence-electron chi connectivity index (χ4n) is 2.79. The van der Waals surface area contributed by atoms with Crippen LogP contribution in [0.2, 0.25) is 0 Å². The number of hydrogen-bond donors (Lipinski definition) is 0. The van der Waals surface area contributed by atoms with Crippen LogP contribution in [0.4, 0.5) is 0 Å². The fraction of sp³-hybridized carbons (Fsp3) is 0.227. The first kappa shape index (κ1) is 21.1. The summed E-state index contributed by atoms with van der Waals surface area (Å²) in [4.78, 5) is 27.2. The Labute approximate surface area is 179 Å². The maximum absolute atomic E-state index is 12.7. The van der Waals surface area contributed by atoms with Gasteiger partial charge in [-0.25, -0.2) is 4.79 Å². The monoisotopic (exact) mass is 427 g/mol. The summed E-state index contributed by atoms with van der Waals surface area (Å²) in [6, 6.07) is 13.9. The highest BCUT2D eigenvalue weighted by molar-refractivity contribution is 8.26. The molecule has 0 spiro atoms. The zero-order valence-corrected chi connectivity index (χ0v) is 18.0. The van der Waals surface area contributed by atoms with Gasteiger partial charge < -0.3 is 9.47 Å². The van der Waals surface area contributed by atoms with Gasteiger partial charge in [0.25, 0.3) is 5.91 Å². The van der Waals surface area contributed by atoms with Crippen LogP contribution in [0.15, 0.2) is 53.4 Å². The normalized spacial score (nSPS) is 16.2. The Morgan fingerprint density at radius 3 is 2.59 bits per heavy atom. The second-order valence-corrected chi connectivity index (χ2v) is 8.15. The molecule has 0 unspecified atom stereocenters. The number of carbonyl (C=O) groups is 2. The van der Waals surface area contributed by atoms with Crippen molar-refractivity contribution in [3.05, 3.63) is 64.6 Å². The van der Waals surface area contributed by atoms with Crippen LogP contribution >= 0.6 is 24.0 Å². The van der Waals surface area contributed by atoms with E-state index in [0.717, 1.165) is 12.0 Å². The number of methoxy groups -OCH3 is 1. The van der Waals surface area contributed by atoms with Crippen LogP contribution in [-0.2, 0) is 4.79 Å². The van der Waals surface area contributed by atoms with Crippen LogP contribution in [0.3, 0.4) is 0 Å². The Morgan fingerprint density at radius 2 is 1.93 bits per heavy atom. The summed E-state index contributed by atoms with van der Waals surface area (Å²) in [5, 5.41) is 0. The van der Waals surface area contributed by atoms with Gasteiger partial charge in [0, 0.05) is 6.04 Å². The summed E-state index contributed by atoms with van der Waals surface area (Å²) in [5.41, 5.74) is 1.21. The summed E-state index contributed by atoms with van der Waals surface area (Å²) in [5.74, 6) is 0.157. The zero-order chi connectivity index (χ0) is 21.0. The Morgan fingerprint density at radius 1 is 1.21 bits per heavy atom. The van der Waals surface area contributed by atoms with E-state index in [0.29, 0.717) is 26.3 Å². The summed E-state index contributed by atoms with van der Waals surface area (Å²) in [6.07, 6.45) is 2.60. The minimum atomic E-state index is -0.467. The first-order valence-corrected chi connectivity index (χ1v) is 10.4. The van der Waals surface area contributed by atoms with Gasteiger partial charge in [0.05, 0.1) is 17.6 Å². The highest BCUT2D eigenvalue weighted by Gasteiger charge is 2.34. The average molecular weight is 428 g/mol. The van der Waals surface area contributed by atoms with Crippen molar-refractivity contribution in [3.63, 3.8) is 0 Å². The Bertz CT molecular complexity index is 972. The van der Waals surface area contributed by atoms with Gasteiger partial charge in [0.2, 0.25) is 0 Å². The molecular formula is C22H21NO4S2. The van der Waals surface area contributed by atoms with Gasteiger partial charge in [-0.2, -0.15) is 0 Å². The van der Waals surface area contributed by atoms with Crippen molar-refractivity contribution < 1.29 is 19.1 Å². The third-order valence-corrected chi connectivity index (χ3v) is 5.88. The van der Waals surface area contributed by atoms with Crippen molar-refractivity contribution in [2.75, 3.05) is 7.11 Å². The molecule has 3 rings (SSSR count). The number of thiocarbonyl (C=S) groups is 1. The van der Waals surface area contributed by atoms with Crippen LogP contribution in [0.25, 0.3) is 6.08 Å². The molecule has 1 aliphatic rings. The van der Waals surface area contributed by atoms with Gasteiger partial charge in [0.1, 0.15) is 4.32 Å². The molecule has 1 amide bonds. The lowest BCUT2D eigenvalue weighted by Gasteiger charge is -2.21. The number of hydrogen-bond acceptors (Lipinski definition) is 6. The summed E-state index contributed by atoms with van der Waals surface area (Å²) >= 11 is 6.65. The number of rotatable bonds is 6. The predicted octanol–water partition coefficient (Wildman–Crippen LogP) is 4.91. The van der Waals surface area contributed by atoms with Crippen LogP contribution in [-0.4, -0.2) is 34.2 Å². The second-order valence-electron chi connectivity index (χ2n) is 6.47. The number of ether oxygens (including phenoxy) is 2. The highest BCUT2D eigenvalue weighted by atomic mass is 32.2. The topological polar surface area (TPSA) is 55.8 Å². The molecular weight excluding hydrogens is 406 g/mol. The minimum Gasteiger partial charge on any atom is -0.493 e. The average Bonchev–Trinajstić information content (AvgIpc) is 3.02. The van der Waals surface area contributed by atoms with E-state index in [9.17, 15) is 9.59 Å². The molecule has 1 fully saturated rings. The Hall–Kier alpha value is -2.64. The van der Waals surface area contributed by atoms with Crippen LogP contribution in [0.1, 0.15) is 36.2 Å². The third kappa shape index (κ3) is 4.68. The molecule has 150 valence electrons. The van der Waals surface area contributed by atoms with E-state index in [4.69, 9.17) is 21.7 Å². The molecule has 29 heavy (non-hydrogen) atoms. The maximum atomic E-state index is 12.7.